The van der Waals surface area contributed by atoms with Gasteiger partial charge in [-0.1, -0.05) is 6.07 Å². The van der Waals surface area contributed by atoms with Crippen molar-refractivity contribution in [2.75, 3.05) is 7.11 Å². The van der Waals surface area contributed by atoms with Gasteiger partial charge in [0.15, 0.2) is 0 Å². The Morgan fingerprint density at radius 1 is 1.14 bits per heavy atom. The minimum absolute atomic E-state index is 0.235. The standard InChI is InChI=1S/C16H15F2NO2/c1-10(14-8-5-12(17)9-15(14)18)19-16(20)11-3-6-13(21-2)7-4-11/h3-10H,1-2H3,(H,19,20)/t10-/m0/s1. The first-order valence-electron chi connectivity index (χ1n) is 6.41. The third-order valence-electron chi connectivity index (χ3n) is 3.13. The van der Waals surface area contributed by atoms with Crippen LogP contribution >= 0.6 is 0 Å². The first kappa shape index (κ1) is 15.0. The Kier molecular flexibility index (Phi) is 4.52. The lowest BCUT2D eigenvalue weighted by atomic mass is 10.1. The molecule has 0 spiro atoms. The van der Waals surface area contributed by atoms with Gasteiger partial charge in [0.2, 0.25) is 0 Å². The van der Waals surface area contributed by atoms with Crippen molar-refractivity contribution in [2.24, 2.45) is 0 Å². The molecule has 0 fully saturated rings. The second kappa shape index (κ2) is 6.35. The van der Waals surface area contributed by atoms with Gasteiger partial charge in [-0.25, -0.2) is 8.78 Å². The van der Waals surface area contributed by atoms with E-state index in [9.17, 15) is 13.6 Å². The highest BCUT2D eigenvalue weighted by molar-refractivity contribution is 5.94. The molecule has 0 aliphatic heterocycles. The Morgan fingerprint density at radius 2 is 1.81 bits per heavy atom. The molecule has 2 aromatic rings. The van der Waals surface area contributed by atoms with E-state index in [-0.39, 0.29) is 11.5 Å². The van der Waals surface area contributed by atoms with E-state index in [1.54, 1.807) is 31.2 Å². The summed E-state index contributed by atoms with van der Waals surface area (Å²) < 4.78 is 31.5. The molecular weight excluding hydrogens is 276 g/mol. The molecule has 2 rings (SSSR count). The molecule has 0 aliphatic carbocycles. The summed E-state index contributed by atoms with van der Waals surface area (Å²) in [5, 5.41) is 2.67. The van der Waals surface area contributed by atoms with Gasteiger partial charge in [0.1, 0.15) is 17.4 Å². The lowest BCUT2D eigenvalue weighted by Gasteiger charge is -2.15. The fourth-order valence-electron chi connectivity index (χ4n) is 1.95. The van der Waals surface area contributed by atoms with Crippen molar-refractivity contribution in [1.29, 1.82) is 0 Å². The number of carbonyl (C=O) groups is 1. The molecule has 0 aromatic heterocycles. The van der Waals surface area contributed by atoms with Gasteiger partial charge in [0, 0.05) is 17.2 Å². The summed E-state index contributed by atoms with van der Waals surface area (Å²) in [6.07, 6.45) is 0. The van der Waals surface area contributed by atoms with Crippen molar-refractivity contribution in [2.45, 2.75) is 13.0 Å². The Labute approximate surface area is 121 Å². The zero-order valence-corrected chi connectivity index (χ0v) is 11.7. The second-order valence-corrected chi connectivity index (χ2v) is 4.59. The van der Waals surface area contributed by atoms with Crippen LogP contribution in [-0.4, -0.2) is 13.0 Å². The maximum absolute atomic E-state index is 13.6. The summed E-state index contributed by atoms with van der Waals surface area (Å²) in [6, 6.07) is 9.27. The van der Waals surface area contributed by atoms with Gasteiger partial charge >= 0.3 is 0 Å². The fraction of sp³-hybridized carbons (Fsp3) is 0.188. The molecule has 0 heterocycles. The number of amides is 1. The third-order valence-corrected chi connectivity index (χ3v) is 3.13. The van der Waals surface area contributed by atoms with Crippen LogP contribution in [0.1, 0.15) is 28.9 Å². The van der Waals surface area contributed by atoms with Crippen LogP contribution in [0.15, 0.2) is 42.5 Å². The number of hydrogen-bond acceptors (Lipinski definition) is 2. The van der Waals surface area contributed by atoms with Gasteiger partial charge in [0.25, 0.3) is 5.91 Å². The minimum Gasteiger partial charge on any atom is -0.497 e. The Balaban J connectivity index is 2.10. The van der Waals surface area contributed by atoms with Gasteiger partial charge < -0.3 is 10.1 Å². The number of halogens is 2. The average Bonchev–Trinajstić information content (AvgIpc) is 2.47. The first-order chi connectivity index (χ1) is 10.0. The molecule has 0 unspecified atom stereocenters. The summed E-state index contributed by atoms with van der Waals surface area (Å²) in [5.41, 5.74) is 0.670. The maximum Gasteiger partial charge on any atom is 0.251 e. The number of hydrogen-bond donors (Lipinski definition) is 1. The van der Waals surface area contributed by atoms with E-state index < -0.39 is 17.7 Å². The van der Waals surface area contributed by atoms with Crippen LogP contribution in [0.3, 0.4) is 0 Å². The number of rotatable bonds is 4. The van der Waals surface area contributed by atoms with Crippen LogP contribution in [0.4, 0.5) is 8.78 Å². The van der Waals surface area contributed by atoms with Gasteiger partial charge in [-0.05, 0) is 37.3 Å². The largest absolute Gasteiger partial charge is 0.497 e. The van der Waals surface area contributed by atoms with Gasteiger partial charge in [0.05, 0.1) is 13.2 Å². The fourth-order valence-corrected chi connectivity index (χ4v) is 1.95. The van der Waals surface area contributed by atoms with Crippen molar-refractivity contribution in [3.63, 3.8) is 0 Å². The predicted molar refractivity (Wildman–Crippen MR) is 75.2 cm³/mol. The Morgan fingerprint density at radius 3 is 2.38 bits per heavy atom. The Bertz CT molecular complexity index is 641. The smallest absolute Gasteiger partial charge is 0.251 e. The normalized spacial score (nSPS) is 11.8. The van der Waals surface area contributed by atoms with Gasteiger partial charge in [-0.2, -0.15) is 0 Å². The summed E-state index contributed by atoms with van der Waals surface area (Å²) >= 11 is 0. The summed E-state index contributed by atoms with van der Waals surface area (Å²) in [4.78, 5) is 12.1. The number of carbonyl (C=O) groups excluding carboxylic acids is 1. The van der Waals surface area contributed by atoms with Crippen LogP contribution in [-0.2, 0) is 0 Å². The minimum atomic E-state index is -0.683. The van der Waals surface area contributed by atoms with Crippen molar-refractivity contribution < 1.29 is 18.3 Å². The van der Waals surface area contributed by atoms with Gasteiger partial charge in [-0.15, -0.1) is 0 Å². The molecule has 3 nitrogen and oxygen atoms in total. The molecule has 1 N–H and O–H groups in total. The van der Waals surface area contributed by atoms with E-state index in [2.05, 4.69) is 5.32 Å². The lowest BCUT2D eigenvalue weighted by Crippen LogP contribution is -2.27. The topological polar surface area (TPSA) is 38.3 Å². The van der Waals surface area contributed by atoms with E-state index in [4.69, 9.17) is 4.74 Å². The number of nitrogens with one attached hydrogen (secondary N) is 1. The predicted octanol–water partition coefficient (Wildman–Crippen LogP) is 3.46. The highest BCUT2D eigenvalue weighted by atomic mass is 19.1. The van der Waals surface area contributed by atoms with E-state index in [0.717, 1.165) is 12.1 Å². The molecule has 2 aromatic carbocycles. The average molecular weight is 291 g/mol. The van der Waals surface area contributed by atoms with E-state index in [1.807, 2.05) is 0 Å². The quantitative estimate of drug-likeness (QED) is 0.936. The third kappa shape index (κ3) is 3.56. The molecule has 0 aliphatic rings. The van der Waals surface area contributed by atoms with Crippen LogP contribution in [0.2, 0.25) is 0 Å². The highest BCUT2D eigenvalue weighted by Crippen LogP contribution is 2.18. The molecule has 1 amide bonds. The van der Waals surface area contributed by atoms with Crippen molar-refractivity contribution in [3.8, 4) is 5.75 Å². The van der Waals surface area contributed by atoms with E-state index in [1.165, 1.54) is 13.2 Å². The van der Waals surface area contributed by atoms with E-state index in [0.29, 0.717) is 11.3 Å². The number of methoxy groups -OCH3 is 1. The molecule has 110 valence electrons. The zero-order chi connectivity index (χ0) is 15.4. The van der Waals surface area contributed by atoms with Crippen molar-refractivity contribution in [3.05, 3.63) is 65.2 Å². The Hall–Kier alpha value is -2.43. The lowest BCUT2D eigenvalue weighted by molar-refractivity contribution is 0.0939. The maximum atomic E-state index is 13.6. The zero-order valence-electron chi connectivity index (χ0n) is 11.7. The summed E-state index contributed by atoms with van der Waals surface area (Å²) in [7, 11) is 1.54. The van der Waals surface area contributed by atoms with Crippen molar-refractivity contribution in [1.82, 2.24) is 5.32 Å². The number of ether oxygens (including phenoxy) is 1. The first-order valence-corrected chi connectivity index (χ1v) is 6.41. The molecule has 0 radical (unpaired) electrons. The van der Waals surface area contributed by atoms with Crippen LogP contribution in [0, 0.1) is 11.6 Å². The van der Waals surface area contributed by atoms with E-state index >= 15 is 0 Å². The molecule has 5 heteroatoms. The van der Waals surface area contributed by atoms with Crippen LogP contribution in [0.5, 0.6) is 5.75 Å². The van der Waals surface area contributed by atoms with Crippen LogP contribution < -0.4 is 10.1 Å². The second-order valence-electron chi connectivity index (χ2n) is 4.59. The summed E-state index contributed by atoms with van der Waals surface area (Å²) in [6.45, 7) is 1.64. The molecule has 0 saturated heterocycles. The molecule has 0 saturated carbocycles. The number of benzene rings is 2. The van der Waals surface area contributed by atoms with Crippen molar-refractivity contribution >= 4 is 5.91 Å². The molecule has 21 heavy (non-hydrogen) atoms. The molecule has 1 atom stereocenters. The summed E-state index contributed by atoms with van der Waals surface area (Å²) in [5.74, 6) is -1.03. The SMILES string of the molecule is COc1ccc(C(=O)N[C@@H](C)c2ccc(F)cc2F)cc1. The monoisotopic (exact) mass is 291 g/mol. The highest BCUT2D eigenvalue weighted by Gasteiger charge is 2.15. The molecular formula is C16H15F2NO2. The van der Waals surface area contributed by atoms with Gasteiger partial charge in [-0.3, -0.25) is 4.79 Å². The molecule has 0 bridgehead atoms. The van der Waals surface area contributed by atoms with Crippen LogP contribution in [0.25, 0.3) is 0 Å².